The number of rotatable bonds is 9. The molecule has 8 nitrogen and oxygen atoms in total. The molecule has 2 rings (SSSR count). The van der Waals surface area contributed by atoms with E-state index in [0.29, 0.717) is 25.9 Å². The van der Waals surface area contributed by atoms with Crippen molar-refractivity contribution < 1.29 is 19.5 Å². The first-order valence-electron chi connectivity index (χ1n) is 10.6. The number of likely N-dealkylation sites (tertiary alicyclic amines) is 1. The SMILES string of the molecule is CCNC(=O)[C@@H]1CCCN1C(=O)[C@H](Cc1ccc(O)cc1)NC(=O)[C@@H](N)CC(C)C. The molecule has 0 aliphatic carbocycles. The van der Waals surface area contributed by atoms with Crippen molar-refractivity contribution in [1.82, 2.24) is 15.5 Å². The van der Waals surface area contributed by atoms with Crippen LogP contribution in [0.2, 0.25) is 0 Å². The smallest absolute Gasteiger partial charge is 0.246 e. The summed E-state index contributed by atoms with van der Waals surface area (Å²) in [7, 11) is 0. The molecule has 3 amide bonds. The second-order valence-electron chi connectivity index (χ2n) is 8.25. The summed E-state index contributed by atoms with van der Waals surface area (Å²) in [5.41, 5.74) is 6.80. The summed E-state index contributed by atoms with van der Waals surface area (Å²) in [6, 6.07) is 4.42. The third-order valence-corrected chi connectivity index (χ3v) is 5.24. The Balaban J connectivity index is 2.20. The van der Waals surface area contributed by atoms with Gasteiger partial charge in [-0.05, 0) is 49.8 Å². The van der Waals surface area contributed by atoms with E-state index in [1.807, 2.05) is 20.8 Å². The van der Waals surface area contributed by atoms with Crippen LogP contribution in [0.3, 0.4) is 0 Å². The third kappa shape index (κ3) is 6.45. The lowest BCUT2D eigenvalue weighted by Gasteiger charge is -2.29. The van der Waals surface area contributed by atoms with Crippen molar-refractivity contribution in [3.8, 4) is 5.75 Å². The van der Waals surface area contributed by atoms with Crippen LogP contribution in [0.25, 0.3) is 0 Å². The maximum absolute atomic E-state index is 13.4. The normalized spacial score (nSPS) is 18.2. The van der Waals surface area contributed by atoms with Crippen molar-refractivity contribution in [2.24, 2.45) is 11.7 Å². The minimum Gasteiger partial charge on any atom is -0.508 e. The zero-order valence-electron chi connectivity index (χ0n) is 18.1. The highest BCUT2D eigenvalue weighted by molar-refractivity contribution is 5.93. The number of carbonyl (C=O) groups is 3. The molecule has 1 heterocycles. The van der Waals surface area contributed by atoms with Crippen LogP contribution >= 0.6 is 0 Å². The predicted octanol–water partition coefficient (Wildman–Crippen LogP) is 0.920. The average molecular weight is 419 g/mol. The topological polar surface area (TPSA) is 125 Å². The fourth-order valence-corrected chi connectivity index (χ4v) is 3.76. The molecule has 0 saturated carbocycles. The fourth-order valence-electron chi connectivity index (χ4n) is 3.76. The maximum Gasteiger partial charge on any atom is 0.246 e. The molecule has 0 bridgehead atoms. The Hall–Kier alpha value is -2.61. The summed E-state index contributed by atoms with van der Waals surface area (Å²) >= 11 is 0. The summed E-state index contributed by atoms with van der Waals surface area (Å²) in [5.74, 6) is -0.468. The van der Waals surface area contributed by atoms with Gasteiger partial charge in [-0.25, -0.2) is 0 Å². The number of amides is 3. The van der Waals surface area contributed by atoms with E-state index in [4.69, 9.17) is 5.73 Å². The predicted molar refractivity (Wildman–Crippen MR) is 115 cm³/mol. The van der Waals surface area contributed by atoms with Crippen molar-refractivity contribution in [2.45, 2.75) is 64.6 Å². The van der Waals surface area contributed by atoms with E-state index in [0.717, 1.165) is 12.0 Å². The van der Waals surface area contributed by atoms with E-state index in [2.05, 4.69) is 10.6 Å². The van der Waals surface area contributed by atoms with Gasteiger partial charge in [-0.15, -0.1) is 0 Å². The van der Waals surface area contributed by atoms with Gasteiger partial charge >= 0.3 is 0 Å². The van der Waals surface area contributed by atoms with Gasteiger partial charge in [-0.2, -0.15) is 0 Å². The Bertz CT molecular complexity index is 735. The summed E-state index contributed by atoms with van der Waals surface area (Å²) in [6.45, 7) is 6.76. The zero-order valence-corrected chi connectivity index (χ0v) is 18.1. The van der Waals surface area contributed by atoms with Crippen molar-refractivity contribution in [3.63, 3.8) is 0 Å². The molecule has 30 heavy (non-hydrogen) atoms. The van der Waals surface area contributed by atoms with Crippen molar-refractivity contribution in [2.75, 3.05) is 13.1 Å². The highest BCUT2D eigenvalue weighted by atomic mass is 16.3. The Morgan fingerprint density at radius 3 is 2.50 bits per heavy atom. The number of aromatic hydroxyl groups is 1. The Morgan fingerprint density at radius 1 is 1.23 bits per heavy atom. The van der Waals surface area contributed by atoms with E-state index < -0.39 is 18.1 Å². The molecule has 1 fully saturated rings. The van der Waals surface area contributed by atoms with Crippen LogP contribution in [0.1, 0.15) is 45.6 Å². The molecule has 1 saturated heterocycles. The standard InChI is InChI=1S/C22H34N4O4/c1-4-24-21(29)19-6-5-11-26(19)22(30)18(13-15-7-9-16(27)10-8-15)25-20(28)17(23)12-14(2)3/h7-10,14,17-19,27H,4-6,11-13,23H2,1-3H3,(H,24,29)(H,25,28)/t17-,18-,19-/m0/s1. The lowest BCUT2D eigenvalue weighted by Crippen LogP contribution is -2.56. The van der Waals surface area contributed by atoms with Gasteiger partial charge in [0.2, 0.25) is 17.7 Å². The number of hydrogen-bond acceptors (Lipinski definition) is 5. The Labute approximate surface area is 178 Å². The van der Waals surface area contributed by atoms with Crippen LogP contribution in [-0.2, 0) is 20.8 Å². The van der Waals surface area contributed by atoms with Crippen molar-refractivity contribution in [3.05, 3.63) is 29.8 Å². The minimum absolute atomic E-state index is 0.125. The molecule has 0 spiro atoms. The number of benzene rings is 1. The largest absolute Gasteiger partial charge is 0.508 e. The molecule has 1 aliphatic rings. The second kappa shape index (κ2) is 11.0. The third-order valence-electron chi connectivity index (χ3n) is 5.24. The molecule has 0 aromatic heterocycles. The average Bonchev–Trinajstić information content (AvgIpc) is 3.18. The molecule has 5 N–H and O–H groups in total. The molecule has 8 heteroatoms. The van der Waals surface area contributed by atoms with Gasteiger partial charge in [0, 0.05) is 19.5 Å². The fraction of sp³-hybridized carbons (Fsp3) is 0.591. The molecule has 3 atom stereocenters. The Morgan fingerprint density at radius 2 is 1.90 bits per heavy atom. The highest BCUT2D eigenvalue weighted by Gasteiger charge is 2.37. The number of phenolic OH excluding ortho intramolecular Hbond substituents is 1. The summed E-state index contributed by atoms with van der Waals surface area (Å²) in [4.78, 5) is 40.0. The number of phenols is 1. The van der Waals surface area contributed by atoms with E-state index in [9.17, 15) is 19.5 Å². The monoisotopic (exact) mass is 418 g/mol. The first-order chi connectivity index (χ1) is 14.2. The van der Waals surface area contributed by atoms with E-state index in [1.54, 1.807) is 17.0 Å². The summed E-state index contributed by atoms with van der Waals surface area (Å²) in [6.07, 6.45) is 2.10. The second-order valence-corrected chi connectivity index (χ2v) is 8.25. The van der Waals surface area contributed by atoms with Crippen LogP contribution in [0.5, 0.6) is 5.75 Å². The first-order valence-corrected chi connectivity index (χ1v) is 10.6. The molecule has 1 aromatic rings. The molecular weight excluding hydrogens is 384 g/mol. The lowest BCUT2D eigenvalue weighted by molar-refractivity contribution is -0.141. The van der Waals surface area contributed by atoms with Crippen LogP contribution in [-0.4, -0.2) is 58.9 Å². The van der Waals surface area contributed by atoms with Gasteiger partial charge in [-0.3, -0.25) is 14.4 Å². The molecule has 1 aliphatic heterocycles. The van der Waals surface area contributed by atoms with Gasteiger partial charge in [0.25, 0.3) is 0 Å². The van der Waals surface area contributed by atoms with Gasteiger partial charge in [0.05, 0.1) is 6.04 Å². The van der Waals surface area contributed by atoms with Gasteiger partial charge in [0.1, 0.15) is 17.8 Å². The molecule has 1 aromatic carbocycles. The maximum atomic E-state index is 13.4. The van der Waals surface area contributed by atoms with Crippen LogP contribution in [0.4, 0.5) is 0 Å². The summed E-state index contributed by atoms with van der Waals surface area (Å²) < 4.78 is 0. The van der Waals surface area contributed by atoms with E-state index >= 15 is 0 Å². The highest BCUT2D eigenvalue weighted by Crippen LogP contribution is 2.20. The molecule has 0 unspecified atom stereocenters. The summed E-state index contributed by atoms with van der Waals surface area (Å²) in [5, 5.41) is 15.1. The number of nitrogens with two attached hydrogens (primary N) is 1. The van der Waals surface area contributed by atoms with E-state index in [1.165, 1.54) is 12.1 Å². The van der Waals surface area contributed by atoms with Crippen molar-refractivity contribution in [1.29, 1.82) is 0 Å². The minimum atomic E-state index is -0.838. The number of likely N-dealkylation sites (N-methyl/N-ethyl adjacent to an activating group) is 1. The lowest BCUT2D eigenvalue weighted by atomic mass is 10.0. The van der Waals surface area contributed by atoms with Gasteiger partial charge in [-0.1, -0.05) is 26.0 Å². The molecule has 166 valence electrons. The molecule has 0 radical (unpaired) electrons. The first kappa shape index (κ1) is 23.7. The van der Waals surface area contributed by atoms with Crippen LogP contribution < -0.4 is 16.4 Å². The molecular formula is C22H34N4O4. The quantitative estimate of drug-likeness (QED) is 0.475. The van der Waals surface area contributed by atoms with Crippen molar-refractivity contribution >= 4 is 17.7 Å². The zero-order chi connectivity index (χ0) is 22.3. The van der Waals surface area contributed by atoms with E-state index in [-0.39, 0.29) is 35.8 Å². The number of hydrogen-bond donors (Lipinski definition) is 4. The van der Waals surface area contributed by atoms with Gasteiger partial charge in [0.15, 0.2) is 0 Å². The number of nitrogens with zero attached hydrogens (tertiary/aromatic N) is 1. The Kier molecular flexibility index (Phi) is 8.65. The van der Waals surface area contributed by atoms with Crippen LogP contribution in [0.15, 0.2) is 24.3 Å². The number of nitrogens with one attached hydrogen (secondary N) is 2. The van der Waals surface area contributed by atoms with Gasteiger partial charge < -0.3 is 26.4 Å². The number of carbonyl (C=O) groups excluding carboxylic acids is 3. The van der Waals surface area contributed by atoms with Crippen LogP contribution in [0, 0.1) is 5.92 Å².